The van der Waals surface area contributed by atoms with Crippen molar-refractivity contribution in [3.63, 3.8) is 0 Å². The molecule has 3 rings (SSSR count). The summed E-state index contributed by atoms with van der Waals surface area (Å²) in [5.74, 6) is -1.28. The van der Waals surface area contributed by atoms with Gasteiger partial charge in [-0.15, -0.1) is 11.3 Å². The maximum atomic E-state index is 12.5. The number of aromatic nitrogens is 1. The molecule has 1 amide bonds. The van der Waals surface area contributed by atoms with E-state index in [-0.39, 0.29) is 18.9 Å². The topological polar surface area (TPSA) is 79.3 Å². The first-order valence-electron chi connectivity index (χ1n) is 7.20. The monoisotopic (exact) mass is 360 g/mol. The van der Waals surface area contributed by atoms with E-state index >= 15 is 0 Å². The predicted molar refractivity (Wildman–Crippen MR) is 94.7 cm³/mol. The van der Waals surface area contributed by atoms with Gasteiger partial charge < -0.3 is 10.4 Å². The number of carboxylic acids is 1. The molecule has 3 aromatic rings. The van der Waals surface area contributed by atoms with Crippen LogP contribution in [0.1, 0.15) is 16.8 Å². The summed E-state index contributed by atoms with van der Waals surface area (Å²) in [6.45, 7) is 0.0744. The minimum Gasteiger partial charge on any atom is -0.481 e. The van der Waals surface area contributed by atoms with Gasteiger partial charge in [0.15, 0.2) is 0 Å². The molecule has 0 aliphatic heterocycles. The zero-order valence-corrected chi connectivity index (χ0v) is 14.0. The van der Waals surface area contributed by atoms with Gasteiger partial charge >= 0.3 is 5.97 Å². The molecule has 7 heteroatoms. The number of pyridine rings is 1. The van der Waals surface area contributed by atoms with E-state index in [0.29, 0.717) is 21.1 Å². The van der Waals surface area contributed by atoms with Crippen molar-refractivity contribution in [3.8, 4) is 10.6 Å². The molecule has 122 valence electrons. The normalized spacial score (nSPS) is 10.7. The van der Waals surface area contributed by atoms with Gasteiger partial charge in [0, 0.05) is 11.9 Å². The van der Waals surface area contributed by atoms with Crippen LogP contribution in [0.2, 0.25) is 4.34 Å². The number of halogens is 1. The van der Waals surface area contributed by atoms with Crippen molar-refractivity contribution in [1.29, 1.82) is 0 Å². The number of benzene rings is 1. The van der Waals surface area contributed by atoms with Crippen LogP contribution in [-0.2, 0) is 4.79 Å². The Morgan fingerprint density at radius 1 is 1.21 bits per heavy atom. The standard InChI is InChI=1S/C17H13ClN2O3S/c18-15-6-5-14(24-15)13-9-11(17(23)19-8-7-16(21)22)10-3-1-2-4-12(10)20-13/h1-6,9H,7-8H2,(H,19,23)(H,21,22). The predicted octanol–water partition coefficient (Wildman–Crippen LogP) is 3.82. The Hall–Kier alpha value is -2.44. The molecule has 0 spiro atoms. The van der Waals surface area contributed by atoms with Crippen molar-refractivity contribution in [2.45, 2.75) is 6.42 Å². The molecular formula is C17H13ClN2O3S. The Balaban J connectivity index is 2.01. The number of hydrogen-bond acceptors (Lipinski definition) is 4. The van der Waals surface area contributed by atoms with Crippen LogP contribution in [0.5, 0.6) is 0 Å². The number of hydrogen-bond donors (Lipinski definition) is 2. The van der Waals surface area contributed by atoms with Crippen LogP contribution in [0.15, 0.2) is 42.5 Å². The van der Waals surface area contributed by atoms with E-state index in [9.17, 15) is 9.59 Å². The van der Waals surface area contributed by atoms with Crippen LogP contribution in [0, 0.1) is 0 Å². The third-order valence-corrected chi connectivity index (χ3v) is 4.66. The van der Waals surface area contributed by atoms with Crippen LogP contribution < -0.4 is 5.32 Å². The molecule has 5 nitrogen and oxygen atoms in total. The van der Waals surface area contributed by atoms with Crippen molar-refractivity contribution < 1.29 is 14.7 Å². The summed E-state index contributed by atoms with van der Waals surface area (Å²) in [6, 6.07) is 12.7. The first kappa shape index (κ1) is 16.4. The van der Waals surface area contributed by atoms with E-state index in [1.807, 2.05) is 30.3 Å². The quantitative estimate of drug-likeness (QED) is 0.724. The Labute approximate surface area is 146 Å². The van der Waals surface area contributed by atoms with Gasteiger partial charge in [0.1, 0.15) is 0 Å². The van der Waals surface area contributed by atoms with E-state index in [1.165, 1.54) is 11.3 Å². The Morgan fingerprint density at radius 2 is 2.00 bits per heavy atom. The molecule has 0 bridgehead atoms. The summed E-state index contributed by atoms with van der Waals surface area (Å²) in [7, 11) is 0. The van der Waals surface area contributed by atoms with E-state index < -0.39 is 5.97 Å². The third kappa shape index (κ3) is 3.55. The molecule has 2 aromatic heterocycles. The highest BCUT2D eigenvalue weighted by atomic mass is 35.5. The fourth-order valence-corrected chi connectivity index (χ4v) is 3.32. The van der Waals surface area contributed by atoms with Gasteiger partial charge in [-0.1, -0.05) is 29.8 Å². The van der Waals surface area contributed by atoms with E-state index in [1.54, 1.807) is 12.1 Å². The van der Waals surface area contributed by atoms with Gasteiger partial charge in [-0.2, -0.15) is 0 Å². The maximum Gasteiger partial charge on any atom is 0.305 e. The van der Waals surface area contributed by atoms with E-state index in [2.05, 4.69) is 10.3 Å². The first-order chi connectivity index (χ1) is 11.5. The van der Waals surface area contributed by atoms with Crippen LogP contribution in [0.25, 0.3) is 21.5 Å². The van der Waals surface area contributed by atoms with Crippen molar-refractivity contribution in [2.75, 3.05) is 6.54 Å². The SMILES string of the molecule is O=C(O)CCNC(=O)c1cc(-c2ccc(Cl)s2)nc2ccccc12. The molecule has 2 N–H and O–H groups in total. The number of carbonyl (C=O) groups excluding carboxylic acids is 1. The third-order valence-electron chi connectivity index (χ3n) is 3.41. The number of fused-ring (bicyclic) bond motifs is 1. The van der Waals surface area contributed by atoms with E-state index in [4.69, 9.17) is 16.7 Å². The summed E-state index contributed by atoms with van der Waals surface area (Å²) in [4.78, 5) is 28.5. The number of thiophene rings is 1. The number of aliphatic carboxylic acids is 1. The lowest BCUT2D eigenvalue weighted by molar-refractivity contribution is -0.136. The first-order valence-corrected chi connectivity index (χ1v) is 8.39. The lowest BCUT2D eigenvalue weighted by atomic mass is 10.1. The summed E-state index contributed by atoms with van der Waals surface area (Å²) in [6.07, 6.45) is -0.123. The second-order valence-electron chi connectivity index (χ2n) is 5.08. The minimum absolute atomic E-state index is 0.0744. The number of amides is 1. The van der Waals surface area contributed by atoms with Gasteiger partial charge in [0.25, 0.3) is 5.91 Å². The highest BCUT2D eigenvalue weighted by Gasteiger charge is 2.14. The summed E-state index contributed by atoms with van der Waals surface area (Å²) < 4.78 is 0.646. The van der Waals surface area contributed by atoms with Crippen LogP contribution in [-0.4, -0.2) is 28.5 Å². The number of carboxylic acid groups (broad SMARTS) is 1. The lowest BCUT2D eigenvalue weighted by Gasteiger charge is -2.09. The zero-order chi connectivity index (χ0) is 17.1. The van der Waals surface area contributed by atoms with Crippen molar-refractivity contribution in [2.24, 2.45) is 0 Å². The molecule has 0 atom stereocenters. The molecule has 0 aliphatic carbocycles. The van der Waals surface area contributed by atoms with Crippen LogP contribution >= 0.6 is 22.9 Å². The molecular weight excluding hydrogens is 348 g/mol. The fourth-order valence-electron chi connectivity index (χ4n) is 2.32. The Kier molecular flexibility index (Phi) is 4.78. The fraction of sp³-hybridized carbons (Fsp3) is 0.118. The number of nitrogens with zero attached hydrogens (tertiary/aromatic N) is 1. The number of nitrogens with one attached hydrogen (secondary N) is 1. The van der Waals surface area contributed by atoms with Gasteiger partial charge in [0.05, 0.1) is 32.4 Å². The molecule has 2 heterocycles. The largest absolute Gasteiger partial charge is 0.481 e. The van der Waals surface area contributed by atoms with Crippen molar-refractivity contribution in [1.82, 2.24) is 10.3 Å². The average molecular weight is 361 g/mol. The molecule has 0 aliphatic rings. The van der Waals surface area contributed by atoms with Crippen molar-refractivity contribution in [3.05, 3.63) is 52.4 Å². The van der Waals surface area contributed by atoms with E-state index in [0.717, 1.165) is 10.3 Å². The molecule has 0 fully saturated rings. The molecule has 24 heavy (non-hydrogen) atoms. The number of para-hydroxylation sites is 1. The van der Waals surface area contributed by atoms with Gasteiger partial charge in [-0.3, -0.25) is 9.59 Å². The number of rotatable bonds is 5. The highest BCUT2D eigenvalue weighted by molar-refractivity contribution is 7.19. The van der Waals surface area contributed by atoms with Gasteiger partial charge in [-0.25, -0.2) is 4.98 Å². The smallest absolute Gasteiger partial charge is 0.305 e. The Bertz CT molecular complexity index is 923. The highest BCUT2D eigenvalue weighted by Crippen LogP contribution is 2.32. The van der Waals surface area contributed by atoms with Gasteiger partial charge in [0.2, 0.25) is 0 Å². The molecule has 0 unspecified atom stereocenters. The Morgan fingerprint density at radius 3 is 2.71 bits per heavy atom. The summed E-state index contributed by atoms with van der Waals surface area (Å²) >= 11 is 7.37. The zero-order valence-electron chi connectivity index (χ0n) is 12.5. The summed E-state index contributed by atoms with van der Waals surface area (Å²) in [5.41, 5.74) is 1.82. The number of carbonyl (C=O) groups is 2. The van der Waals surface area contributed by atoms with Gasteiger partial charge in [-0.05, 0) is 24.3 Å². The maximum absolute atomic E-state index is 12.5. The average Bonchev–Trinajstić information content (AvgIpc) is 3.00. The molecule has 0 saturated carbocycles. The van der Waals surface area contributed by atoms with Crippen LogP contribution in [0.4, 0.5) is 0 Å². The molecule has 0 radical (unpaired) electrons. The lowest BCUT2D eigenvalue weighted by Crippen LogP contribution is -2.26. The molecule has 0 saturated heterocycles. The second kappa shape index (κ2) is 6.98. The summed E-state index contributed by atoms with van der Waals surface area (Å²) in [5, 5.41) is 12.0. The minimum atomic E-state index is -0.955. The van der Waals surface area contributed by atoms with Crippen LogP contribution in [0.3, 0.4) is 0 Å². The van der Waals surface area contributed by atoms with Crippen molar-refractivity contribution >= 4 is 45.7 Å². The second-order valence-corrected chi connectivity index (χ2v) is 6.79. The molecule has 1 aromatic carbocycles.